The van der Waals surface area contributed by atoms with Crippen LogP contribution in [0.1, 0.15) is 48.9 Å². The Morgan fingerprint density at radius 2 is 1.87 bits per heavy atom. The maximum atomic E-state index is 12.4. The third-order valence-electron chi connectivity index (χ3n) is 4.81. The van der Waals surface area contributed by atoms with Gasteiger partial charge in [-0.05, 0) is 34.6 Å². The summed E-state index contributed by atoms with van der Waals surface area (Å²) in [4.78, 5) is 45.3. The molecule has 2 aromatic heterocycles. The Morgan fingerprint density at radius 1 is 1.17 bits per heavy atom. The van der Waals surface area contributed by atoms with E-state index in [0.29, 0.717) is 21.6 Å². The maximum Gasteiger partial charge on any atom is 0.268 e. The highest BCUT2D eigenvalue weighted by atomic mass is 32.1. The molecule has 0 fully saturated rings. The van der Waals surface area contributed by atoms with Crippen molar-refractivity contribution in [3.05, 3.63) is 63.0 Å². The molecule has 2 amide bonds. The summed E-state index contributed by atoms with van der Waals surface area (Å²) in [6.07, 6.45) is 0.160. The van der Waals surface area contributed by atoms with Gasteiger partial charge in [0.15, 0.2) is 0 Å². The summed E-state index contributed by atoms with van der Waals surface area (Å²) in [5.41, 5.74) is 2.18. The molecule has 0 saturated heterocycles. The summed E-state index contributed by atoms with van der Waals surface area (Å²) in [6.45, 7) is 6.79. The molecule has 0 spiro atoms. The number of rotatable bonds is 6. The van der Waals surface area contributed by atoms with Crippen molar-refractivity contribution in [3.63, 3.8) is 0 Å². The Balaban J connectivity index is 1.50. The number of thiophene rings is 1. The van der Waals surface area contributed by atoms with E-state index in [-0.39, 0.29) is 42.3 Å². The molecule has 8 heteroatoms. The first-order valence-electron chi connectivity index (χ1n) is 9.74. The van der Waals surface area contributed by atoms with Crippen molar-refractivity contribution in [1.82, 2.24) is 20.2 Å². The van der Waals surface area contributed by atoms with Gasteiger partial charge in [-0.15, -0.1) is 11.3 Å². The van der Waals surface area contributed by atoms with Crippen molar-refractivity contribution in [3.8, 4) is 0 Å². The van der Waals surface area contributed by atoms with Crippen molar-refractivity contribution < 1.29 is 9.59 Å². The molecule has 2 N–H and O–H groups in total. The lowest BCUT2D eigenvalue weighted by Crippen LogP contribution is -2.32. The fourth-order valence-electron chi connectivity index (χ4n) is 3.01. The predicted molar refractivity (Wildman–Crippen MR) is 119 cm³/mol. The zero-order chi connectivity index (χ0) is 21.9. The summed E-state index contributed by atoms with van der Waals surface area (Å²) in [6, 6.07) is 9.28. The van der Waals surface area contributed by atoms with Gasteiger partial charge < -0.3 is 15.2 Å². The number of amides is 2. The summed E-state index contributed by atoms with van der Waals surface area (Å²) in [5, 5.41) is 4.59. The molecule has 30 heavy (non-hydrogen) atoms. The number of H-pyrrole nitrogens is 1. The van der Waals surface area contributed by atoms with E-state index in [1.54, 1.807) is 25.2 Å². The summed E-state index contributed by atoms with van der Waals surface area (Å²) >= 11 is 1.33. The molecule has 2 heterocycles. The van der Waals surface area contributed by atoms with Crippen LogP contribution in [0.25, 0.3) is 10.2 Å². The summed E-state index contributed by atoms with van der Waals surface area (Å²) < 4.78 is 0.575. The van der Waals surface area contributed by atoms with E-state index < -0.39 is 0 Å². The molecule has 1 aromatic carbocycles. The van der Waals surface area contributed by atoms with Crippen LogP contribution in [-0.2, 0) is 16.8 Å². The molecule has 7 nitrogen and oxygen atoms in total. The zero-order valence-electron chi connectivity index (χ0n) is 17.6. The third kappa shape index (κ3) is 5.13. The van der Waals surface area contributed by atoms with E-state index in [1.807, 2.05) is 17.5 Å². The van der Waals surface area contributed by atoms with Gasteiger partial charge in [-0.1, -0.05) is 32.9 Å². The van der Waals surface area contributed by atoms with Gasteiger partial charge in [-0.2, -0.15) is 0 Å². The quantitative estimate of drug-likeness (QED) is 0.633. The van der Waals surface area contributed by atoms with Crippen molar-refractivity contribution in [2.45, 2.75) is 39.2 Å². The minimum absolute atomic E-state index is 0.0269. The smallest absolute Gasteiger partial charge is 0.268 e. The van der Waals surface area contributed by atoms with E-state index in [1.165, 1.54) is 16.2 Å². The van der Waals surface area contributed by atoms with Crippen LogP contribution in [0, 0.1) is 0 Å². The predicted octanol–water partition coefficient (Wildman–Crippen LogP) is 3.06. The Labute approximate surface area is 179 Å². The highest BCUT2D eigenvalue weighted by Gasteiger charge is 2.15. The van der Waals surface area contributed by atoms with Gasteiger partial charge in [-0.3, -0.25) is 14.4 Å². The molecule has 3 rings (SSSR count). The molecule has 0 unspecified atom stereocenters. The van der Waals surface area contributed by atoms with Crippen LogP contribution in [0.3, 0.4) is 0 Å². The SMILES string of the molecule is CN(Cc1nc2ccsc2c(=O)[nH]1)C(=O)CCNC(=O)c1ccc(C(C)(C)C)cc1. The molecular weight excluding hydrogens is 400 g/mol. The fourth-order valence-corrected chi connectivity index (χ4v) is 3.73. The number of benzene rings is 1. The van der Waals surface area contributed by atoms with Crippen LogP contribution >= 0.6 is 11.3 Å². The van der Waals surface area contributed by atoms with Crippen LogP contribution < -0.4 is 10.9 Å². The number of fused-ring (bicyclic) bond motifs is 1. The second kappa shape index (κ2) is 8.79. The summed E-state index contributed by atoms with van der Waals surface area (Å²) in [5.74, 6) is 0.0796. The third-order valence-corrected chi connectivity index (χ3v) is 5.72. The Morgan fingerprint density at radius 3 is 2.53 bits per heavy atom. The Bertz CT molecular complexity index is 1110. The van der Waals surface area contributed by atoms with E-state index >= 15 is 0 Å². The Hall–Kier alpha value is -3.00. The standard InChI is InChI=1S/C22H26N4O3S/c1-22(2,3)15-7-5-14(6-8-15)20(28)23-11-9-18(27)26(4)13-17-24-16-10-12-30-19(16)21(29)25-17/h5-8,10,12H,9,11,13H2,1-4H3,(H,23,28)(H,24,25,29). The van der Waals surface area contributed by atoms with E-state index in [0.717, 1.165) is 5.56 Å². The first-order valence-corrected chi connectivity index (χ1v) is 10.6. The normalized spacial score (nSPS) is 11.5. The number of nitrogens with zero attached hydrogens (tertiary/aromatic N) is 2. The Kier molecular flexibility index (Phi) is 6.36. The van der Waals surface area contributed by atoms with Gasteiger partial charge in [0.2, 0.25) is 5.91 Å². The molecule has 158 valence electrons. The minimum Gasteiger partial charge on any atom is -0.352 e. The second-order valence-corrected chi connectivity index (χ2v) is 9.15. The number of hydrogen-bond acceptors (Lipinski definition) is 5. The second-order valence-electron chi connectivity index (χ2n) is 8.23. The molecule has 0 saturated carbocycles. The fraction of sp³-hybridized carbons (Fsp3) is 0.364. The van der Waals surface area contributed by atoms with Crippen LogP contribution in [-0.4, -0.2) is 40.3 Å². The first-order chi connectivity index (χ1) is 14.1. The van der Waals surface area contributed by atoms with Crippen molar-refractivity contribution in [1.29, 1.82) is 0 Å². The topological polar surface area (TPSA) is 95.2 Å². The van der Waals surface area contributed by atoms with Gasteiger partial charge in [0.25, 0.3) is 11.5 Å². The van der Waals surface area contributed by atoms with Crippen molar-refractivity contribution in [2.75, 3.05) is 13.6 Å². The molecule has 3 aromatic rings. The van der Waals surface area contributed by atoms with Gasteiger partial charge >= 0.3 is 0 Å². The number of carbonyl (C=O) groups is 2. The number of hydrogen-bond donors (Lipinski definition) is 2. The van der Waals surface area contributed by atoms with Gasteiger partial charge in [0.1, 0.15) is 10.5 Å². The maximum absolute atomic E-state index is 12.4. The largest absolute Gasteiger partial charge is 0.352 e. The van der Waals surface area contributed by atoms with E-state index in [2.05, 4.69) is 36.1 Å². The monoisotopic (exact) mass is 426 g/mol. The number of aromatic nitrogens is 2. The van der Waals surface area contributed by atoms with Crippen molar-refractivity contribution >= 4 is 33.4 Å². The average Bonchev–Trinajstić information content (AvgIpc) is 3.16. The molecule has 0 bridgehead atoms. The van der Waals surface area contributed by atoms with Crippen molar-refractivity contribution in [2.24, 2.45) is 0 Å². The van der Waals surface area contributed by atoms with Gasteiger partial charge in [0, 0.05) is 25.6 Å². The van der Waals surface area contributed by atoms with Crippen LogP contribution in [0.2, 0.25) is 0 Å². The van der Waals surface area contributed by atoms with Gasteiger partial charge in [-0.25, -0.2) is 4.98 Å². The van der Waals surface area contributed by atoms with Crippen LogP contribution in [0.15, 0.2) is 40.5 Å². The van der Waals surface area contributed by atoms with E-state index in [4.69, 9.17) is 0 Å². The first kappa shape index (κ1) is 21.7. The highest BCUT2D eigenvalue weighted by Crippen LogP contribution is 2.22. The molecule has 0 aliphatic carbocycles. The lowest BCUT2D eigenvalue weighted by molar-refractivity contribution is -0.130. The molecule has 0 aliphatic rings. The van der Waals surface area contributed by atoms with Crippen LogP contribution in [0.5, 0.6) is 0 Å². The lowest BCUT2D eigenvalue weighted by Gasteiger charge is -2.19. The lowest BCUT2D eigenvalue weighted by atomic mass is 9.87. The van der Waals surface area contributed by atoms with Crippen LogP contribution in [0.4, 0.5) is 0 Å². The zero-order valence-corrected chi connectivity index (χ0v) is 18.4. The van der Waals surface area contributed by atoms with E-state index in [9.17, 15) is 14.4 Å². The van der Waals surface area contributed by atoms with Gasteiger partial charge in [0.05, 0.1) is 12.1 Å². The molecule has 0 aliphatic heterocycles. The molecule has 0 atom stereocenters. The highest BCUT2D eigenvalue weighted by molar-refractivity contribution is 7.17. The molecule has 0 radical (unpaired) electrons. The summed E-state index contributed by atoms with van der Waals surface area (Å²) in [7, 11) is 1.65. The number of aromatic amines is 1. The minimum atomic E-state index is -0.209. The average molecular weight is 427 g/mol. The number of carbonyl (C=O) groups excluding carboxylic acids is 2. The number of nitrogens with one attached hydrogen (secondary N) is 2. The molecular formula is C22H26N4O3S.